The summed E-state index contributed by atoms with van der Waals surface area (Å²) in [6, 6.07) is 2.78. The van der Waals surface area contributed by atoms with Gasteiger partial charge in [-0.2, -0.15) is 0 Å². The lowest BCUT2D eigenvalue weighted by Gasteiger charge is -2.43. The number of hydrogen-bond donors (Lipinski definition) is 1. The third-order valence-electron chi connectivity index (χ3n) is 5.31. The fourth-order valence-electron chi connectivity index (χ4n) is 4.59. The molecular formula is C15H29N3. The second-order valence-electron chi connectivity index (χ2n) is 6.77. The second-order valence-corrected chi connectivity index (χ2v) is 6.77. The Hall–Kier alpha value is -0.120. The van der Waals surface area contributed by atoms with E-state index in [-0.39, 0.29) is 0 Å². The number of hydrogen-bond acceptors (Lipinski definition) is 3. The Kier molecular flexibility index (Phi) is 3.92. The quantitative estimate of drug-likeness (QED) is 0.830. The summed E-state index contributed by atoms with van der Waals surface area (Å²) in [6.07, 6.45) is 9.51. The summed E-state index contributed by atoms with van der Waals surface area (Å²) >= 11 is 0. The molecule has 2 N–H and O–H groups in total. The van der Waals surface area contributed by atoms with Crippen molar-refractivity contribution in [3.8, 4) is 0 Å². The Bertz CT molecular complexity index is 261. The van der Waals surface area contributed by atoms with Crippen LogP contribution >= 0.6 is 0 Å². The molecule has 3 saturated heterocycles. The van der Waals surface area contributed by atoms with Crippen molar-refractivity contribution in [2.75, 3.05) is 19.6 Å². The molecule has 0 aromatic heterocycles. The van der Waals surface area contributed by atoms with Crippen LogP contribution in [0, 0.1) is 0 Å². The van der Waals surface area contributed by atoms with Crippen molar-refractivity contribution in [3.63, 3.8) is 0 Å². The monoisotopic (exact) mass is 251 g/mol. The normalized spacial score (nSPS) is 40.0. The zero-order valence-electron chi connectivity index (χ0n) is 11.9. The van der Waals surface area contributed by atoms with E-state index in [1.807, 2.05) is 0 Å². The van der Waals surface area contributed by atoms with Gasteiger partial charge < -0.3 is 10.6 Å². The van der Waals surface area contributed by atoms with E-state index in [2.05, 4.69) is 16.7 Å². The average molecular weight is 251 g/mol. The first kappa shape index (κ1) is 12.9. The first-order chi connectivity index (χ1) is 8.74. The average Bonchev–Trinajstić information content (AvgIpc) is 2.63. The van der Waals surface area contributed by atoms with Crippen LogP contribution in [0.1, 0.15) is 51.9 Å². The van der Waals surface area contributed by atoms with Crippen molar-refractivity contribution in [1.29, 1.82) is 0 Å². The zero-order valence-corrected chi connectivity index (χ0v) is 11.9. The van der Waals surface area contributed by atoms with Gasteiger partial charge >= 0.3 is 0 Å². The summed E-state index contributed by atoms with van der Waals surface area (Å²) in [6.45, 7) is 6.37. The summed E-state index contributed by atoms with van der Waals surface area (Å²) in [5, 5.41) is 0. The van der Waals surface area contributed by atoms with E-state index in [1.54, 1.807) is 0 Å². The van der Waals surface area contributed by atoms with Crippen LogP contribution in [-0.4, -0.2) is 53.6 Å². The Balaban J connectivity index is 1.57. The topological polar surface area (TPSA) is 32.5 Å². The Labute approximate surface area is 112 Å². The minimum Gasteiger partial charge on any atom is -0.328 e. The van der Waals surface area contributed by atoms with Crippen LogP contribution in [0.2, 0.25) is 0 Å². The van der Waals surface area contributed by atoms with Gasteiger partial charge in [0.15, 0.2) is 0 Å². The lowest BCUT2D eigenvalue weighted by Crippen LogP contribution is -2.54. The maximum Gasteiger partial charge on any atom is 0.0200 e. The maximum atomic E-state index is 6.17. The van der Waals surface area contributed by atoms with Gasteiger partial charge in [-0.1, -0.05) is 6.42 Å². The zero-order chi connectivity index (χ0) is 12.5. The number of piperidine rings is 2. The van der Waals surface area contributed by atoms with E-state index in [0.717, 1.165) is 18.1 Å². The second kappa shape index (κ2) is 5.48. The molecule has 0 aliphatic carbocycles. The minimum atomic E-state index is 0.473. The molecule has 3 aliphatic heterocycles. The standard InChI is InChI=1S/C15H29N3/c1-12(11-17-7-3-2-4-8-17)18-14-5-6-15(18)10-13(16)9-14/h12-15H,2-11,16H2,1H3. The molecular weight excluding hydrogens is 222 g/mol. The van der Waals surface area contributed by atoms with Crippen LogP contribution in [0.15, 0.2) is 0 Å². The van der Waals surface area contributed by atoms with E-state index in [0.29, 0.717) is 6.04 Å². The molecule has 3 fully saturated rings. The van der Waals surface area contributed by atoms with E-state index in [9.17, 15) is 0 Å². The molecule has 3 heteroatoms. The molecule has 0 radical (unpaired) electrons. The number of rotatable bonds is 3. The molecule has 3 nitrogen and oxygen atoms in total. The van der Waals surface area contributed by atoms with Gasteiger partial charge in [0, 0.05) is 30.7 Å². The Morgan fingerprint density at radius 2 is 1.67 bits per heavy atom. The molecule has 3 heterocycles. The van der Waals surface area contributed by atoms with Gasteiger partial charge in [-0.15, -0.1) is 0 Å². The number of nitrogens with two attached hydrogens (primary N) is 1. The van der Waals surface area contributed by atoms with Gasteiger partial charge in [0.1, 0.15) is 0 Å². The highest BCUT2D eigenvalue weighted by atomic mass is 15.3. The molecule has 0 saturated carbocycles. The van der Waals surface area contributed by atoms with E-state index >= 15 is 0 Å². The Morgan fingerprint density at radius 1 is 1.06 bits per heavy atom. The van der Waals surface area contributed by atoms with Crippen molar-refractivity contribution in [2.24, 2.45) is 5.73 Å². The van der Waals surface area contributed by atoms with Gasteiger partial charge in [-0.25, -0.2) is 0 Å². The van der Waals surface area contributed by atoms with Crippen LogP contribution in [0.25, 0.3) is 0 Å². The Morgan fingerprint density at radius 3 is 2.28 bits per heavy atom. The molecule has 0 aromatic carbocycles. The minimum absolute atomic E-state index is 0.473. The number of nitrogens with zero attached hydrogens (tertiary/aromatic N) is 2. The highest BCUT2D eigenvalue weighted by Gasteiger charge is 2.41. The molecule has 3 aliphatic rings. The van der Waals surface area contributed by atoms with E-state index in [1.165, 1.54) is 64.6 Å². The summed E-state index contributed by atoms with van der Waals surface area (Å²) < 4.78 is 0. The lowest BCUT2D eigenvalue weighted by atomic mass is 9.96. The predicted molar refractivity (Wildman–Crippen MR) is 75.6 cm³/mol. The molecule has 0 aromatic rings. The van der Waals surface area contributed by atoms with Gasteiger partial charge in [0.05, 0.1) is 0 Å². The first-order valence-corrected chi connectivity index (χ1v) is 7.99. The lowest BCUT2D eigenvalue weighted by molar-refractivity contribution is 0.0587. The third kappa shape index (κ3) is 2.59. The van der Waals surface area contributed by atoms with Gasteiger partial charge in [-0.05, 0) is 58.5 Å². The van der Waals surface area contributed by atoms with Gasteiger partial charge in [-0.3, -0.25) is 4.90 Å². The molecule has 104 valence electrons. The summed E-state index contributed by atoms with van der Waals surface area (Å²) in [7, 11) is 0. The van der Waals surface area contributed by atoms with Gasteiger partial charge in [0.2, 0.25) is 0 Å². The summed E-state index contributed by atoms with van der Waals surface area (Å²) in [5.41, 5.74) is 6.17. The molecule has 3 rings (SSSR count). The van der Waals surface area contributed by atoms with Crippen LogP contribution in [0.3, 0.4) is 0 Å². The summed E-state index contributed by atoms with van der Waals surface area (Å²) in [4.78, 5) is 5.50. The summed E-state index contributed by atoms with van der Waals surface area (Å²) in [5.74, 6) is 0. The largest absolute Gasteiger partial charge is 0.328 e. The van der Waals surface area contributed by atoms with Crippen LogP contribution in [0.5, 0.6) is 0 Å². The van der Waals surface area contributed by atoms with Crippen LogP contribution < -0.4 is 5.73 Å². The predicted octanol–water partition coefficient (Wildman–Crippen LogP) is 1.81. The molecule has 2 bridgehead atoms. The third-order valence-corrected chi connectivity index (χ3v) is 5.31. The first-order valence-electron chi connectivity index (χ1n) is 7.99. The van der Waals surface area contributed by atoms with Crippen molar-refractivity contribution in [1.82, 2.24) is 9.80 Å². The number of likely N-dealkylation sites (tertiary alicyclic amines) is 1. The smallest absolute Gasteiger partial charge is 0.0200 e. The van der Waals surface area contributed by atoms with Crippen molar-refractivity contribution < 1.29 is 0 Å². The molecule has 0 spiro atoms. The number of fused-ring (bicyclic) bond motifs is 2. The molecule has 18 heavy (non-hydrogen) atoms. The fraction of sp³-hybridized carbons (Fsp3) is 1.00. The maximum absolute atomic E-state index is 6.17. The van der Waals surface area contributed by atoms with Crippen LogP contribution in [0.4, 0.5) is 0 Å². The SMILES string of the molecule is CC(CN1CCCCC1)N1C2CCC1CC(N)C2. The highest BCUT2D eigenvalue weighted by Crippen LogP contribution is 2.36. The highest BCUT2D eigenvalue weighted by molar-refractivity contribution is 4.99. The van der Waals surface area contributed by atoms with Crippen LogP contribution in [-0.2, 0) is 0 Å². The van der Waals surface area contributed by atoms with E-state index in [4.69, 9.17) is 5.73 Å². The molecule has 3 atom stereocenters. The molecule has 3 unspecified atom stereocenters. The molecule has 0 amide bonds. The van der Waals surface area contributed by atoms with Crippen molar-refractivity contribution in [3.05, 3.63) is 0 Å². The van der Waals surface area contributed by atoms with E-state index < -0.39 is 0 Å². The van der Waals surface area contributed by atoms with Crippen molar-refractivity contribution >= 4 is 0 Å². The van der Waals surface area contributed by atoms with Crippen molar-refractivity contribution in [2.45, 2.75) is 76.0 Å². The van der Waals surface area contributed by atoms with Gasteiger partial charge in [0.25, 0.3) is 0 Å². The fourth-order valence-corrected chi connectivity index (χ4v) is 4.59.